The monoisotopic (exact) mass is 343 g/mol. The van der Waals surface area contributed by atoms with E-state index in [0.717, 1.165) is 57.5 Å². The molecule has 0 aliphatic carbocycles. The highest BCUT2D eigenvalue weighted by Crippen LogP contribution is 2.17. The molecular weight excluding hydrogens is 314 g/mol. The van der Waals surface area contributed by atoms with Crippen LogP contribution in [-0.4, -0.2) is 54.3 Å². The molecule has 0 saturated carbocycles. The van der Waals surface area contributed by atoms with Gasteiger partial charge in [0.05, 0.1) is 6.54 Å². The van der Waals surface area contributed by atoms with E-state index in [2.05, 4.69) is 5.32 Å². The minimum Gasteiger partial charge on any atom is -0.376 e. The summed E-state index contributed by atoms with van der Waals surface area (Å²) in [6.45, 7) is 3.73. The second-order valence-electron chi connectivity index (χ2n) is 7.08. The number of nitrogens with zero attached hydrogens (tertiary/aromatic N) is 2. The third kappa shape index (κ3) is 4.97. The molecule has 5 nitrogen and oxygen atoms in total. The van der Waals surface area contributed by atoms with Crippen molar-refractivity contribution < 1.29 is 9.59 Å². The number of likely N-dealkylation sites (tertiary alicyclic amines) is 2. The van der Waals surface area contributed by atoms with Crippen molar-refractivity contribution in [3.63, 3.8) is 0 Å². The van der Waals surface area contributed by atoms with Crippen LogP contribution in [0.3, 0.4) is 0 Å². The number of piperidine rings is 1. The Morgan fingerprint density at radius 3 is 2.12 bits per heavy atom. The fraction of sp³-hybridized carbons (Fsp3) is 0.600. The fourth-order valence-corrected chi connectivity index (χ4v) is 3.65. The van der Waals surface area contributed by atoms with Gasteiger partial charge in [0, 0.05) is 37.4 Å². The molecule has 2 saturated heterocycles. The Bertz CT molecular complexity index is 588. The van der Waals surface area contributed by atoms with Crippen LogP contribution >= 0.6 is 0 Å². The van der Waals surface area contributed by atoms with Crippen LogP contribution in [0.5, 0.6) is 0 Å². The number of hydrogen-bond acceptors (Lipinski definition) is 3. The van der Waals surface area contributed by atoms with Crippen molar-refractivity contribution in [2.75, 3.05) is 38.0 Å². The number of hydrogen-bond donors (Lipinski definition) is 1. The van der Waals surface area contributed by atoms with E-state index in [1.165, 1.54) is 19.3 Å². The molecule has 5 heteroatoms. The van der Waals surface area contributed by atoms with Crippen LogP contribution in [0.1, 0.15) is 55.3 Å². The molecule has 0 unspecified atom stereocenters. The number of carbonyl (C=O) groups is 2. The summed E-state index contributed by atoms with van der Waals surface area (Å²) in [4.78, 5) is 28.9. The van der Waals surface area contributed by atoms with Gasteiger partial charge in [0.1, 0.15) is 0 Å². The number of carbonyl (C=O) groups excluding carboxylic acids is 2. The summed E-state index contributed by atoms with van der Waals surface area (Å²) in [7, 11) is 0. The van der Waals surface area contributed by atoms with Crippen LogP contribution in [0.4, 0.5) is 5.69 Å². The number of rotatable bonds is 4. The first-order valence-electron chi connectivity index (χ1n) is 9.65. The summed E-state index contributed by atoms with van der Waals surface area (Å²) in [5, 5.41) is 3.20. The second-order valence-corrected chi connectivity index (χ2v) is 7.08. The number of nitrogens with one attached hydrogen (secondary N) is 1. The van der Waals surface area contributed by atoms with Gasteiger partial charge in [0.15, 0.2) is 0 Å². The molecule has 2 aliphatic heterocycles. The van der Waals surface area contributed by atoms with E-state index in [-0.39, 0.29) is 11.8 Å². The summed E-state index contributed by atoms with van der Waals surface area (Å²) >= 11 is 0. The molecule has 1 aromatic carbocycles. The van der Waals surface area contributed by atoms with Gasteiger partial charge in [-0.1, -0.05) is 18.9 Å². The zero-order chi connectivity index (χ0) is 17.5. The van der Waals surface area contributed by atoms with Crippen LogP contribution in [-0.2, 0) is 4.79 Å². The van der Waals surface area contributed by atoms with Crippen molar-refractivity contribution >= 4 is 17.5 Å². The summed E-state index contributed by atoms with van der Waals surface area (Å²) in [5.74, 6) is 0.247. The molecule has 2 amide bonds. The number of anilines is 1. The zero-order valence-electron chi connectivity index (χ0n) is 15.0. The lowest BCUT2D eigenvalue weighted by Gasteiger charge is -2.27. The normalized spacial score (nSPS) is 18.6. The standard InChI is InChI=1S/C20H29N3O2/c24-19(22-11-4-1-2-5-12-22)16-21-18-10-8-9-17(15-18)20(25)23-13-6-3-7-14-23/h8-10,15,21H,1-7,11-14,16H2. The van der Waals surface area contributed by atoms with Crippen LogP contribution in [0.25, 0.3) is 0 Å². The second kappa shape index (κ2) is 8.88. The molecule has 1 N–H and O–H groups in total. The maximum absolute atomic E-state index is 12.6. The summed E-state index contributed by atoms with van der Waals surface area (Å²) in [6, 6.07) is 7.53. The first-order chi connectivity index (χ1) is 12.2. The van der Waals surface area contributed by atoms with E-state index in [1.807, 2.05) is 34.1 Å². The van der Waals surface area contributed by atoms with Gasteiger partial charge >= 0.3 is 0 Å². The van der Waals surface area contributed by atoms with Gasteiger partial charge in [-0.05, 0) is 50.3 Å². The van der Waals surface area contributed by atoms with E-state index in [0.29, 0.717) is 12.1 Å². The Hall–Kier alpha value is -2.04. The third-order valence-electron chi connectivity index (χ3n) is 5.16. The maximum Gasteiger partial charge on any atom is 0.253 e. The lowest BCUT2D eigenvalue weighted by molar-refractivity contribution is -0.129. The van der Waals surface area contributed by atoms with E-state index in [1.54, 1.807) is 0 Å². The lowest BCUT2D eigenvalue weighted by atomic mass is 10.1. The average Bonchev–Trinajstić information content (AvgIpc) is 2.96. The van der Waals surface area contributed by atoms with Crippen molar-refractivity contribution in [2.24, 2.45) is 0 Å². The van der Waals surface area contributed by atoms with Crippen LogP contribution in [0.15, 0.2) is 24.3 Å². The molecule has 0 spiro atoms. The summed E-state index contributed by atoms with van der Waals surface area (Å²) in [6.07, 6.45) is 8.04. The quantitative estimate of drug-likeness (QED) is 0.914. The van der Waals surface area contributed by atoms with Gasteiger partial charge in [-0.2, -0.15) is 0 Å². The molecule has 0 aromatic heterocycles. The highest BCUT2D eigenvalue weighted by Gasteiger charge is 2.19. The van der Waals surface area contributed by atoms with Gasteiger partial charge in [-0.15, -0.1) is 0 Å². The highest BCUT2D eigenvalue weighted by molar-refractivity contribution is 5.95. The van der Waals surface area contributed by atoms with E-state index in [4.69, 9.17) is 0 Å². The van der Waals surface area contributed by atoms with E-state index in [9.17, 15) is 9.59 Å². The topological polar surface area (TPSA) is 52.7 Å². The largest absolute Gasteiger partial charge is 0.376 e. The van der Waals surface area contributed by atoms with Crippen LogP contribution in [0.2, 0.25) is 0 Å². The highest BCUT2D eigenvalue weighted by atomic mass is 16.2. The van der Waals surface area contributed by atoms with Gasteiger partial charge in [0.2, 0.25) is 5.91 Å². The predicted octanol–water partition coefficient (Wildman–Crippen LogP) is 3.13. The summed E-state index contributed by atoms with van der Waals surface area (Å²) in [5.41, 5.74) is 1.54. The van der Waals surface area contributed by atoms with Crippen molar-refractivity contribution in [3.05, 3.63) is 29.8 Å². The Morgan fingerprint density at radius 2 is 1.44 bits per heavy atom. The van der Waals surface area contributed by atoms with Crippen molar-refractivity contribution in [1.29, 1.82) is 0 Å². The number of benzene rings is 1. The van der Waals surface area contributed by atoms with Gasteiger partial charge in [0.25, 0.3) is 5.91 Å². The molecule has 136 valence electrons. The molecule has 2 heterocycles. The molecule has 1 aromatic rings. The Balaban J connectivity index is 1.55. The molecule has 3 rings (SSSR count). The lowest BCUT2D eigenvalue weighted by Crippen LogP contribution is -2.36. The van der Waals surface area contributed by atoms with Crippen LogP contribution in [0, 0.1) is 0 Å². The van der Waals surface area contributed by atoms with Gasteiger partial charge < -0.3 is 15.1 Å². The minimum absolute atomic E-state index is 0.0993. The molecular formula is C20H29N3O2. The zero-order valence-corrected chi connectivity index (χ0v) is 15.0. The van der Waals surface area contributed by atoms with Gasteiger partial charge in [-0.3, -0.25) is 9.59 Å². The first-order valence-corrected chi connectivity index (χ1v) is 9.65. The van der Waals surface area contributed by atoms with Crippen LogP contribution < -0.4 is 5.32 Å². The molecule has 2 aliphatic rings. The molecule has 0 bridgehead atoms. The Kier molecular flexibility index (Phi) is 6.31. The fourth-order valence-electron chi connectivity index (χ4n) is 3.65. The van der Waals surface area contributed by atoms with Crippen molar-refractivity contribution in [3.8, 4) is 0 Å². The molecule has 0 atom stereocenters. The third-order valence-corrected chi connectivity index (χ3v) is 5.16. The average molecular weight is 343 g/mol. The van der Waals surface area contributed by atoms with Gasteiger partial charge in [-0.25, -0.2) is 0 Å². The smallest absolute Gasteiger partial charge is 0.253 e. The number of amides is 2. The SMILES string of the molecule is O=C(CNc1cccc(C(=O)N2CCCCC2)c1)N1CCCCCC1. The van der Waals surface area contributed by atoms with E-state index >= 15 is 0 Å². The Morgan fingerprint density at radius 1 is 0.840 bits per heavy atom. The van der Waals surface area contributed by atoms with Crippen molar-refractivity contribution in [1.82, 2.24) is 9.80 Å². The van der Waals surface area contributed by atoms with Crippen molar-refractivity contribution in [2.45, 2.75) is 44.9 Å². The molecule has 25 heavy (non-hydrogen) atoms. The summed E-state index contributed by atoms with van der Waals surface area (Å²) < 4.78 is 0. The predicted molar refractivity (Wildman–Crippen MR) is 99.7 cm³/mol. The maximum atomic E-state index is 12.6. The molecule has 2 fully saturated rings. The van der Waals surface area contributed by atoms with E-state index < -0.39 is 0 Å². The Labute approximate surface area is 150 Å². The minimum atomic E-state index is 0.0993. The first kappa shape index (κ1) is 17.8. The molecule has 0 radical (unpaired) electrons.